The van der Waals surface area contributed by atoms with Crippen LogP contribution < -0.4 is 10.5 Å². The molecule has 0 bridgehead atoms. The van der Waals surface area contributed by atoms with Gasteiger partial charge in [-0.15, -0.1) is 0 Å². The lowest BCUT2D eigenvalue weighted by Gasteiger charge is -2.10. The lowest BCUT2D eigenvalue weighted by atomic mass is 10.2. The number of nitrogens with two attached hydrogens (primary N) is 1. The van der Waals surface area contributed by atoms with E-state index in [1.165, 1.54) is 18.2 Å². The van der Waals surface area contributed by atoms with Crippen molar-refractivity contribution in [1.82, 2.24) is 0 Å². The lowest BCUT2D eigenvalue weighted by Crippen LogP contribution is -2.15. The van der Waals surface area contributed by atoms with Gasteiger partial charge >= 0.3 is 5.97 Å². The molecule has 0 spiro atoms. The van der Waals surface area contributed by atoms with Crippen LogP contribution in [-0.2, 0) is 10.0 Å². The van der Waals surface area contributed by atoms with Gasteiger partial charge in [0.25, 0.3) is 10.0 Å². The molecule has 6 nitrogen and oxygen atoms in total. The third-order valence-corrected chi connectivity index (χ3v) is 4.08. The molecule has 0 aliphatic heterocycles. The molecular weight excluding hydrogens is 299 g/mol. The molecule has 0 aromatic heterocycles. The van der Waals surface area contributed by atoms with Crippen LogP contribution in [0, 0.1) is 5.82 Å². The number of benzene rings is 2. The highest BCUT2D eigenvalue weighted by atomic mass is 32.2. The van der Waals surface area contributed by atoms with Crippen molar-refractivity contribution in [3.63, 3.8) is 0 Å². The number of hydrogen-bond acceptors (Lipinski definition) is 4. The van der Waals surface area contributed by atoms with Crippen molar-refractivity contribution < 1.29 is 22.7 Å². The van der Waals surface area contributed by atoms with E-state index in [1.807, 2.05) is 0 Å². The van der Waals surface area contributed by atoms with Crippen LogP contribution in [0.4, 0.5) is 15.8 Å². The minimum atomic E-state index is -4.04. The molecule has 4 N–H and O–H groups in total. The number of carboxylic acids is 1. The first-order valence-electron chi connectivity index (χ1n) is 5.71. The van der Waals surface area contributed by atoms with Crippen molar-refractivity contribution in [2.24, 2.45) is 0 Å². The van der Waals surface area contributed by atoms with E-state index in [1.54, 1.807) is 0 Å². The largest absolute Gasteiger partial charge is 0.478 e. The number of halogens is 1. The fourth-order valence-corrected chi connectivity index (χ4v) is 2.85. The number of rotatable bonds is 4. The summed E-state index contributed by atoms with van der Waals surface area (Å²) in [7, 11) is -4.04. The standard InChI is InChI=1S/C13H11FN2O4S/c14-9-2-1-3-10(7-9)16-21(19,20)12-5-4-8(13(17)18)6-11(12)15/h1-7,16H,15H2,(H,17,18). The highest BCUT2D eigenvalue weighted by molar-refractivity contribution is 7.92. The summed E-state index contributed by atoms with van der Waals surface area (Å²) in [5.41, 5.74) is 5.27. The molecule has 0 aliphatic carbocycles. The summed E-state index contributed by atoms with van der Waals surface area (Å²) in [5.74, 6) is -1.81. The van der Waals surface area contributed by atoms with Gasteiger partial charge in [0.15, 0.2) is 0 Å². The Morgan fingerprint density at radius 1 is 1.19 bits per heavy atom. The van der Waals surface area contributed by atoms with Crippen LogP contribution in [0.15, 0.2) is 47.4 Å². The van der Waals surface area contributed by atoms with E-state index in [0.29, 0.717) is 0 Å². The van der Waals surface area contributed by atoms with Gasteiger partial charge in [0.05, 0.1) is 16.9 Å². The quantitative estimate of drug-likeness (QED) is 0.747. The predicted octanol–water partition coefficient (Wildman–Crippen LogP) is 1.91. The molecule has 0 heterocycles. The molecule has 2 aromatic carbocycles. The minimum absolute atomic E-state index is 0.0386. The van der Waals surface area contributed by atoms with Gasteiger partial charge in [0, 0.05) is 0 Å². The SMILES string of the molecule is Nc1cc(C(=O)O)ccc1S(=O)(=O)Nc1cccc(F)c1. The Kier molecular flexibility index (Phi) is 3.81. The zero-order valence-corrected chi connectivity index (χ0v) is 11.4. The Morgan fingerprint density at radius 3 is 2.48 bits per heavy atom. The zero-order chi connectivity index (χ0) is 15.6. The second kappa shape index (κ2) is 5.41. The van der Waals surface area contributed by atoms with Gasteiger partial charge in [0.2, 0.25) is 0 Å². The van der Waals surface area contributed by atoms with Gasteiger partial charge in [-0.05, 0) is 36.4 Å². The molecule has 0 fully saturated rings. The zero-order valence-electron chi connectivity index (χ0n) is 10.6. The van der Waals surface area contributed by atoms with Crippen LogP contribution in [0.2, 0.25) is 0 Å². The highest BCUT2D eigenvalue weighted by Gasteiger charge is 2.19. The number of carboxylic acid groups (broad SMARTS) is 1. The van der Waals surface area contributed by atoms with Crippen LogP contribution in [0.1, 0.15) is 10.4 Å². The maximum Gasteiger partial charge on any atom is 0.335 e. The molecule has 0 aliphatic rings. The minimum Gasteiger partial charge on any atom is -0.478 e. The maximum atomic E-state index is 13.0. The number of nitrogens with one attached hydrogen (secondary N) is 1. The first kappa shape index (κ1) is 14.8. The van der Waals surface area contributed by atoms with Crippen LogP contribution in [0.5, 0.6) is 0 Å². The maximum absolute atomic E-state index is 13.0. The number of hydrogen-bond donors (Lipinski definition) is 3. The summed E-state index contributed by atoms with van der Waals surface area (Å²) in [6.45, 7) is 0. The number of anilines is 2. The third-order valence-electron chi connectivity index (χ3n) is 2.62. The Labute approximate surface area is 120 Å². The Hall–Kier alpha value is -2.61. The van der Waals surface area contributed by atoms with E-state index >= 15 is 0 Å². The number of nitrogen functional groups attached to an aromatic ring is 1. The fourth-order valence-electron chi connectivity index (χ4n) is 1.69. The molecule has 0 unspecified atom stereocenters. The van der Waals surface area contributed by atoms with E-state index in [2.05, 4.69) is 4.72 Å². The van der Waals surface area contributed by atoms with Crippen molar-refractivity contribution in [1.29, 1.82) is 0 Å². The van der Waals surface area contributed by atoms with E-state index in [0.717, 1.165) is 24.3 Å². The Bertz CT molecular complexity index is 806. The first-order chi connectivity index (χ1) is 9.79. The van der Waals surface area contributed by atoms with Crippen LogP contribution in [-0.4, -0.2) is 19.5 Å². The van der Waals surface area contributed by atoms with E-state index in [4.69, 9.17) is 10.8 Å². The molecule has 8 heteroatoms. The summed E-state index contributed by atoms with van der Waals surface area (Å²) in [5, 5.41) is 8.81. The van der Waals surface area contributed by atoms with Gasteiger partial charge in [-0.2, -0.15) is 0 Å². The van der Waals surface area contributed by atoms with Gasteiger partial charge in [-0.3, -0.25) is 4.72 Å². The molecular formula is C13H11FN2O4S. The monoisotopic (exact) mass is 310 g/mol. The smallest absolute Gasteiger partial charge is 0.335 e. The summed E-state index contributed by atoms with van der Waals surface area (Å²) < 4.78 is 39.5. The molecule has 0 saturated carbocycles. The average Bonchev–Trinajstić information content (AvgIpc) is 2.37. The normalized spacial score (nSPS) is 11.1. The predicted molar refractivity (Wildman–Crippen MR) is 75.0 cm³/mol. The summed E-state index contributed by atoms with van der Waals surface area (Å²) in [6.07, 6.45) is 0. The van der Waals surface area contributed by atoms with Crippen LogP contribution in [0.25, 0.3) is 0 Å². The Balaban J connectivity index is 2.38. The van der Waals surface area contributed by atoms with Crippen LogP contribution in [0.3, 0.4) is 0 Å². The molecule has 0 amide bonds. The highest BCUT2D eigenvalue weighted by Crippen LogP contribution is 2.23. The summed E-state index contributed by atoms with van der Waals surface area (Å²) >= 11 is 0. The van der Waals surface area contributed by atoms with Crippen molar-refractivity contribution in [3.8, 4) is 0 Å². The van der Waals surface area contributed by atoms with E-state index in [9.17, 15) is 17.6 Å². The van der Waals surface area contributed by atoms with E-state index < -0.39 is 21.8 Å². The van der Waals surface area contributed by atoms with Crippen molar-refractivity contribution in [3.05, 3.63) is 53.8 Å². The number of sulfonamides is 1. The van der Waals surface area contributed by atoms with Crippen LogP contribution >= 0.6 is 0 Å². The molecule has 0 radical (unpaired) electrons. The molecule has 2 rings (SSSR count). The number of carbonyl (C=O) groups is 1. The molecule has 110 valence electrons. The van der Waals surface area contributed by atoms with Crippen molar-refractivity contribution >= 4 is 27.4 Å². The third kappa shape index (κ3) is 3.29. The lowest BCUT2D eigenvalue weighted by molar-refractivity contribution is 0.0697. The molecule has 0 saturated heterocycles. The van der Waals surface area contributed by atoms with Gasteiger partial charge in [-0.25, -0.2) is 17.6 Å². The van der Waals surface area contributed by atoms with Gasteiger partial charge in [0.1, 0.15) is 10.7 Å². The van der Waals surface area contributed by atoms with Gasteiger partial charge < -0.3 is 10.8 Å². The molecule has 2 aromatic rings. The average molecular weight is 310 g/mol. The van der Waals surface area contributed by atoms with Crippen molar-refractivity contribution in [2.75, 3.05) is 10.5 Å². The Morgan fingerprint density at radius 2 is 1.90 bits per heavy atom. The number of aromatic carboxylic acids is 1. The first-order valence-corrected chi connectivity index (χ1v) is 7.19. The van der Waals surface area contributed by atoms with Gasteiger partial charge in [-0.1, -0.05) is 6.07 Å². The molecule has 0 atom stereocenters. The second-order valence-corrected chi connectivity index (χ2v) is 5.82. The second-order valence-electron chi connectivity index (χ2n) is 4.17. The topological polar surface area (TPSA) is 109 Å². The van der Waals surface area contributed by atoms with Crippen molar-refractivity contribution in [2.45, 2.75) is 4.90 Å². The van der Waals surface area contributed by atoms with E-state index in [-0.39, 0.29) is 21.8 Å². The molecule has 21 heavy (non-hydrogen) atoms. The summed E-state index contributed by atoms with van der Waals surface area (Å²) in [6, 6.07) is 8.17. The summed E-state index contributed by atoms with van der Waals surface area (Å²) in [4.78, 5) is 10.5. The fraction of sp³-hybridized carbons (Fsp3) is 0.